The lowest BCUT2D eigenvalue weighted by molar-refractivity contribution is 0.0993. The second kappa shape index (κ2) is 5.96. The Kier molecular flexibility index (Phi) is 4.52. The van der Waals surface area contributed by atoms with Crippen LogP contribution in [0.5, 0.6) is 0 Å². The van der Waals surface area contributed by atoms with Gasteiger partial charge in [-0.05, 0) is 36.2 Å². The van der Waals surface area contributed by atoms with E-state index < -0.39 is 0 Å². The number of aryl methyl sites for hydroxylation is 3. The van der Waals surface area contributed by atoms with Gasteiger partial charge in [0.15, 0.2) is 5.78 Å². The van der Waals surface area contributed by atoms with Crippen LogP contribution in [0.25, 0.3) is 0 Å². The van der Waals surface area contributed by atoms with Crippen LogP contribution in [-0.4, -0.2) is 20.5 Å². The summed E-state index contributed by atoms with van der Waals surface area (Å²) < 4.78 is 2.87. The monoisotopic (exact) mass is 341 g/mol. The molecule has 0 spiro atoms. The minimum Gasteiger partial charge on any atom is -0.293 e. The van der Waals surface area contributed by atoms with Gasteiger partial charge >= 0.3 is 0 Å². The maximum Gasteiger partial charge on any atom is 0.180 e. The van der Waals surface area contributed by atoms with Crippen molar-refractivity contribution >= 4 is 33.0 Å². The third kappa shape index (κ3) is 2.79. The highest BCUT2D eigenvalue weighted by Gasteiger charge is 2.19. The summed E-state index contributed by atoms with van der Waals surface area (Å²) in [6, 6.07) is 0. The Balaban J connectivity index is 2.31. The normalized spacial score (nSPS) is 10.9. The first-order valence-electron chi connectivity index (χ1n) is 6.25. The van der Waals surface area contributed by atoms with Crippen LogP contribution in [-0.2, 0) is 19.4 Å². The van der Waals surface area contributed by atoms with Gasteiger partial charge < -0.3 is 0 Å². The van der Waals surface area contributed by atoms with Crippen molar-refractivity contribution in [2.45, 2.75) is 40.2 Å². The Morgan fingerprint density at radius 2 is 2.21 bits per heavy atom. The van der Waals surface area contributed by atoms with Crippen LogP contribution in [0, 0.1) is 6.92 Å². The number of hydrogen-bond acceptors (Lipinski definition) is 4. The van der Waals surface area contributed by atoms with E-state index in [0.29, 0.717) is 6.42 Å². The van der Waals surface area contributed by atoms with E-state index in [1.54, 1.807) is 5.51 Å². The third-order valence-electron chi connectivity index (χ3n) is 3.02. The molecule has 4 nitrogen and oxygen atoms in total. The van der Waals surface area contributed by atoms with Gasteiger partial charge in [-0.1, -0.05) is 6.92 Å². The molecule has 0 radical (unpaired) electrons. The Hall–Kier alpha value is -1.01. The van der Waals surface area contributed by atoms with E-state index in [1.807, 2.05) is 18.5 Å². The second-order valence-electron chi connectivity index (χ2n) is 4.24. The molecule has 2 rings (SSSR count). The average molecular weight is 342 g/mol. The number of aromatic nitrogens is 3. The van der Waals surface area contributed by atoms with E-state index in [0.717, 1.165) is 39.4 Å². The summed E-state index contributed by atoms with van der Waals surface area (Å²) >= 11 is 4.97. The lowest BCUT2D eigenvalue weighted by atomic mass is 10.1. The van der Waals surface area contributed by atoms with Crippen molar-refractivity contribution in [3.8, 4) is 0 Å². The predicted octanol–water partition coefficient (Wildman–Crippen LogP) is 3.42. The molecule has 0 fully saturated rings. The molecule has 19 heavy (non-hydrogen) atoms. The quantitative estimate of drug-likeness (QED) is 0.783. The molecule has 0 amide bonds. The molecule has 0 saturated heterocycles. The number of Topliss-reactive ketones (excluding diaryl/α,β-unsaturated/α-hetero) is 1. The number of ketones is 1. The summed E-state index contributed by atoms with van der Waals surface area (Å²) in [5.74, 6) is 0.109. The molecule has 0 aromatic carbocycles. The van der Waals surface area contributed by atoms with E-state index in [2.05, 4.69) is 32.9 Å². The van der Waals surface area contributed by atoms with Crippen molar-refractivity contribution in [3.63, 3.8) is 0 Å². The van der Waals surface area contributed by atoms with Crippen LogP contribution < -0.4 is 0 Å². The van der Waals surface area contributed by atoms with E-state index in [9.17, 15) is 4.79 Å². The Morgan fingerprint density at radius 1 is 1.47 bits per heavy atom. The van der Waals surface area contributed by atoms with Gasteiger partial charge in [0.05, 0.1) is 38.4 Å². The topological polar surface area (TPSA) is 47.8 Å². The maximum atomic E-state index is 12.3. The summed E-state index contributed by atoms with van der Waals surface area (Å²) in [4.78, 5) is 17.2. The number of nitrogens with zero attached hydrogens (tertiary/aromatic N) is 3. The van der Waals surface area contributed by atoms with Gasteiger partial charge in [-0.3, -0.25) is 9.48 Å². The molecule has 0 unspecified atom stereocenters. The summed E-state index contributed by atoms with van der Waals surface area (Å²) in [5, 5.41) is 4.51. The van der Waals surface area contributed by atoms with Gasteiger partial charge in [0.2, 0.25) is 0 Å². The third-order valence-corrected chi connectivity index (χ3v) is 4.91. The zero-order chi connectivity index (χ0) is 14.0. The molecule has 0 atom stereocenters. The van der Waals surface area contributed by atoms with Gasteiger partial charge in [0.25, 0.3) is 0 Å². The van der Waals surface area contributed by atoms with Crippen LogP contribution in [0.15, 0.2) is 9.98 Å². The highest BCUT2D eigenvalue weighted by molar-refractivity contribution is 9.10. The van der Waals surface area contributed by atoms with Crippen molar-refractivity contribution in [1.82, 2.24) is 14.8 Å². The fourth-order valence-corrected chi connectivity index (χ4v) is 3.44. The number of thiazole rings is 1. The minimum atomic E-state index is 0.109. The second-order valence-corrected chi connectivity index (χ2v) is 5.89. The number of carbonyl (C=O) groups is 1. The molecule has 0 bridgehead atoms. The smallest absolute Gasteiger partial charge is 0.180 e. The van der Waals surface area contributed by atoms with Crippen LogP contribution in [0.2, 0.25) is 0 Å². The lowest BCUT2D eigenvalue weighted by Gasteiger charge is -2.04. The van der Waals surface area contributed by atoms with Gasteiger partial charge in [-0.2, -0.15) is 5.10 Å². The summed E-state index contributed by atoms with van der Waals surface area (Å²) in [5.41, 5.74) is 4.49. The van der Waals surface area contributed by atoms with Gasteiger partial charge in [-0.15, -0.1) is 11.3 Å². The summed E-state index contributed by atoms with van der Waals surface area (Å²) in [7, 11) is 0. The fourth-order valence-electron chi connectivity index (χ4n) is 1.99. The van der Waals surface area contributed by atoms with E-state index in [4.69, 9.17) is 0 Å². The minimum absolute atomic E-state index is 0.109. The molecule has 0 aliphatic heterocycles. The van der Waals surface area contributed by atoms with E-state index in [-0.39, 0.29) is 5.78 Å². The first-order chi connectivity index (χ1) is 9.08. The zero-order valence-electron chi connectivity index (χ0n) is 11.2. The Morgan fingerprint density at radius 3 is 2.74 bits per heavy atom. The largest absolute Gasteiger partial charge is 0.293 e. The molecule has 2 aromatic heterocycles. The molecule has 102 valence electrons. The number of rotatable bonds is 5. The molecule has 2 heterocycles. The Labute approximate surface area is 125 Å². The molecule has 0 saturated carbocycles. The van der Waals surface area contributed by atoms with Crippen molar-refractivity contribution in [2.24, 2.45) is 0 Å². The molecule has 0 aliphatic carbocycles. The first kappa shape index (κ1) is 14.4. The highest BCUT2D eigenvalue weighted by Crippen LogP contribution is 2.25. The Bertz CT molecular complexity index is 603. The number of halogens is 1. The number of hydrogen-bond donors (Lipinski definition) is 0. The molecule has 2 aromatic rings. The van der Waals surface area contributed by atoms with Crippen LogP contribution in [0.1, 0.15) is 40.6 Å². The molecule has 0 N–H and O–H groups in total. The van der Waals surface area contributed by atoms with Crippen LogP contribution >= 0.6 is 27.3 Å². The molecular weight excluding hydrogens is 326 g/mol. The van der Waals surface area contributed by atoms with Crippen molar-refractivity contribution < 1.29 is 4.79 Å². The van der Waals surface area contributed by atoms with Crippen molar-refractivity contribution in [2.75, 3.05) is 0 Å². The molecule has 6 heteroatoms. The maximum absolute atomic E-state index is 12.3. The van der Waals surface area contributed by atoms with Gasteiger partial charge in [-0.25, -0.2) is 4.98 Å². The van der Waals surface area contributed by atoms with Crippen molar-refractivity contribution in [3.05, 3.63) is 31.9 Å². The van der Waals surface area contributed by atoms with E-state index in [1.165, 1.54) is 11.3 Å². The lowest BCUT2D eigenvalue weighted by Crippen LogP contribution is -2.10. The summed E-state index contributed by atoms with van der Waals surface area (Å²) in [6.07, 6.45) is 1.22. The predicted molar refractivity (Wildman–Crippen MR) is 79.9 cm³/mol. The van der Waals surface area contributed by atoms with Crippen molar-refractivity contribution in [1.29, 1.82) is 0 Å². The van der Waals surface area contributed by atoms with Gasteiger partial charge in [0.1, 0.15) is 0 Å². The fraction of sp³-hybridized carbons (Fsp3) is 0.462. The zero-order valence-corrected chi connectivity index (χ0v) is 13.6. The molecular formula is C13H16BrN3OS. The molecule has 0 aliphatic rings. The highest BCUT2D eigenvalue weighted by atomic mass is 79.9. The average Bonchev–Trinajstić information content (AvgIpc) is 2.95. The SMILES string of the molecule is CCc1nn(CC)c(CC(=O)c2scnc2C)c1Br. The van der Waals surface area contributed by atoms with Crippen LogP contribution in [0.3, 0.4) is 0 Å². The van der Waals surface area contributed by atoms with Crippen LogP contribution in [0.4, 0.5) is 0 Å². The van der Waals surface area contributed by atoms with Gasteiger partial charge in [0, 0.05) is 6.54 Å². The number of carbonyl (C=O) groups excluding carboxylic acids is 1. The van der Waals surface area contributed by atoms with E-state index >= 15 is 0 Å². The first-order valence-corrected chi connectivity index (χ1v) is 7.93. The summed E-state index contributed by atoms with van der Waals surface area (Å²) in [6.45, 7) is 6.73. The standard InChI is InChI=1S/C13H16BrN3OS/c1-4-9-12(14)10(17(5-2)16-9)6-11(18)13-8(3)15-7-19-13/h7H,4-6H2,1-3H3.